The number of fused-ring (bicyclic) bond motifs is 15. The first-order valence-corrected chi connectivity index (χ1v) is 48.2. The van der Waals surface area contributed by atoms with E-state index in [1.54, 1.807) is 0 Å². The molecule has 0 unspecified atom stereocenters. The Balaban J connectivity index is 0.000000148. The highest BCUT2D eigenvalue weighted by molar-refractivity contribution is 9.10. The molecule has 5 heteroatoms. The molecule has 1 N–H and O–H groups in total. The van der Waals surface area contributed by atoms with Gasteiger partial charge in [0.15, 0.2) is 0 Å². The molecule has 0 amide bonds. The molecule has 3 nitrogen and oxygen atoms in total. The van der Waals surface area contributed by atoms with Gasteiger partial charge in [-0.25, -0.2) is 0 Å². The van der Waals surface area contributed by atoms with Crippen molar-refractivity contribution in [2.75, 3.05) is 15.1 Å². The van der Waals surface area contributed by atoms with Crippen molar-refractivity contribution in [2.24, 2.45) is 0 Å². The summed E-state index contributed by atoms with van der Waals surface area (Å²) in [4.78, 5) is 4.89. The van der Waals surface area contributed by atoms with Gasteiger partial charge in [0.2, 0.25) is 0 Å². The fraction of sp³-hybridized carbons (Fsp3) is 0.00752. The number of nitrogens with one attached hydrogen (secondary N) is 1. The molecular weight excluding hydrogens is 1800 g/mol. The molecule has 0 aromatic heterocycles. The van der Waals surface area contributed by atoms with Crippen molar-refractivity contribution < 1.29 is 0 Å². The average molecular weight is 1890 g/mol. The standard InChI is InChI=1S/C74H50N2.C42H26Br2.C16H13N.CH4/c1-7-27-53(28-8-1)69-70(54-29-9-2-10-30-54)72(56-33-13-4-14-34-56)74-66-50-60(76(58-39-17-6-18-40-58)68-44-24-36-52-26-20-22-42-62(52)68)46-48-64(66)63-47-45-59(49-65(63)73(74)71(69)55-31-11-3-12-32-55)75(57-37-15-5-16-38-57)67-43-23-35-51-25-19-21-41-61(51)67;43-31-21-23-33-34-24-22-32(44)26-36(34)42-40(30-19-11-4-12-20-30)38(28-15-7-2-8-16-28)37(27-13-5-1-6-14-27)39(41(42)35(33)25-31)29-17-9-3-10-18-29;1-2-9-14(10-3-1)17-16-12-6-8-13-7-4-5-11-15(13)16;/h1-50H;1-26H;1-12,17H;1H4. The van der Waals surface area contributed by atoms with Gasteiger partial charge in [0, 0.05) is 59.2 Å². The molecule has 25 rings (SSSR count). The lowest BCUT2D eigenvalue weighted by molar-refractivity contribution is 1.30. The van der Waals surface area contributed by atoms with Crippen molar-refractivity contribution in [1.29, 1.82) is 0 Å². The van der Waals surface area contributed by atoms with Crippen LogP contribution >= 0.6 is 31.9 Å². The van der Waals surface area contributed by atoms with Crippen LogP contribution in [0.4, 0.5) is 45.5 Å². The van der Waals surface area contributed by atoms with Gasteiger partial charge in [-0.15, -0.1) is 0 Å². The lowest BCUT2D eigenvalue weighted by atomic mass is 9.76. The van der Waals surface area contributed by atoms with E-state index < -0.39 is 0 Å². The first-order chi connectivity index (χ1) is 67.9. The molecule has 0 heterocycles. The maximum absolute atomic E-state index is 3.85. The first kappa shape index (κ1) is 86.6. The summed E-state index contributed by atoms with van der Waals surface area (Å²) in [5, 5.41) is 25.3. The Kier molecular flexibility index (Phi) is 24.3. The predicted octanol–water partition coefficient (Wildman–Crippen LogP) is 39.6. The van der Waals surface area contributed by atoms with Crippen molar-refractivity contribution in [3.63, 3.8) is 0 Å². The van der Waals surface area contributed by atoms with Crippen molar-refractivity contribution >= 4 is 174 Å². The zero-order chi connectivity index (χ0) is 91.5. The van der Waals surface area contributed by atoms with Gasteiger partial charge in [-0.1, -0.05) is 470 Å². The Morgan fingerprint density at radius 3 is 0.703 bits per heavy atom. The summed E-state index contributed by atoms with van der Waals surface area (Å²) in [7, 11) is 0. The second-order valence-corrected chi connectivity index (χ2v) is 36.5. The van der Waals surface area contributed by atoms with Crippen molar-refractivity contribution in [2.45, 2.75) is 7.43 Å². The van der Waals surface area contributed by atoms with Crippen molar-refractivity contribution in [1.82, 2.24) is 0 Å². The second kappa shape index (κ2) is 38.7. The van der Waals surface area contributed by atoms with E-state index in [-0.39, 0.29) is 7.43 Å². The minimum absolute atomic E-state index is 0. The molecule has 0 saturated carbocycles. The van der Waals surface area contributed by atoms with Gasteiger partial charge in [-0.3, -0.25) is 0 Å². The van der Waals surface area contributed by atoms with Gasteiger partial charge in [0.1, 0.15) is 0 Å². The molecule has 0 atom stereocenters. The summed E-state index contributed by atoms with van der Waals surface area (Å²) in [6, 6.07) is 193. The highest BCUT2D eigenvalue weighted by atomic mass is 79.9. The van der Waals surface area contributed by atoms with E-state index in [1.807, 2.05) is 18.2 Å². The molecule has 25 aromatic carbocycles. The van der Waals surface area contributed by atoms with Crippen LogP contribution < -0.4 is 15.1 Å². The van der Waals surface area contributed by atoms with Crippen LogP contribution in [0.1, 0.15) is 7.43 Å². The second-order valence-electron chi connectivity index (χ2n) is 34.6. The zero-order valence-corrected chi connectivity index (χ0v) is 78.1. The highest BCUT2D eigenvalue weighted by Gasteiger charge is 2.32. The molecule has 25 aromatic rings. The summed E-state index contributed by atoms with van der Waals surface area (Å²) in [5.74, 6) is 0. The number of para-hydroxylation sites is 3. The van der Waals surface area contributed by atoms with Gasteiger partial charge >= 0.3 is 0 Å². The molecule has 0 saturated heterocycles. The lowest BCUT2D eigenvalue weighted by Gasteiger charge is -2.30. The van der Waals surface area contributed by atoms with Gasteiger partial charge in [0.25, 0.3) is 0 Å². The molecular formula is C133H93Br2N3. The first-order valence-electron chi connectivity index (χ1n) is 46.7. The summed E-state index contributed by atoms with van der Waals surface area (Å²) >= 11 is 7.69. The van der Waals surface area contributed by atoms with E-state index in [2.05, 4.69) is 563 Å². The Bertz CT molecular complexity index is 8290. The fourth-order valence-corrected chi connectivity index (χ4v) is 21.4. The maximum Gasteiger partial charge on any atom is 0.0540 e. The molecule has 0 aliphatic heterocycles. The highest BCUT2D eigenvalue weighted by Crippen LogP contribution is 2.59. The van der Waals surface area contributed by atoms with Crippen LogP contribution in [0.2, 0.25) is 0 Å². The average Bonchev–Trinajstić information content (AvgIpc) is 0.697. The normalized spacial score (nSPS) is 11.2. The fourth-order valence-electron chi connectivity index (χ4n) is 20.7. The van der Waals surface area contributed by atoms with Crippen LogP contribution in [0.15, 0.2) is 543 Å². The molecule has 0 radical (unpaired) electrons. The Morgan fingerprint density at radius 2 is 0.391 bits per heavy atom. The van der Waals surface area contributed by atoms with E-state index >= 15 is 0 Å². The van der Waals surface area contributed by atoms with Crippen LogP contribution in [-0.2, 0) is 0 Å². The number of halogens is 2. The molecule has 654 valence electrons. The van der Waals surface area contributed by atoms with Crippen molar-refractivity contribution in [3.8, 4) is 89.0 Å². The van der Waals surface area contributed by atoms with E-state index in [1.165, 1.54) is 164 Å². The minimum atomic E-state index is 0. The number of nitrogens with zero attached hydrogens (tertiary/aromatic N) is 2. The number of hydrogen-bond donors (Lipinski definition) is 1. The predicted molar refractivity (Wildman–Crippen MR) is 602 cm³/mol. The molecule has 0 bridgehead atoms. The molecule has 0 aliphatic carbocycles. The number of anilines is 8. The van der Waals surface area contributed by atoms with Crippen LogP contribution in [0.5, 0.6) is 0 Å². The van der Waals surface area contributed by atoms with Gasteiger partial charge < -0.3 is 15.1 Å². The number of hydrogen-bond acceptors (Lipinski definition) is 3. The monoisotopic (exact) mass is 1890 g/mol. The molecule has 0 spiro atoms. The van der Waals surface area contributed by atoms with Crippen LogP contribution in [0, 0.1) is 0 Å². The van der Waals surface area contributed by atoms with E-state index in [4.69, 9.17) is 0 Å². The zero-order valence-electron chi connectivity index (χ0n) is 75.0. The van der Waals surface area contributed by atoms with Crippen molar-refractivity contribution in [3.05, 3.63) is 543 Å². The Morgan fingerprint density at radius 1 is 0.159 bits per heavy atom. The van der Waals surface area contributed by atoms with Gasteiger partial charge in [0.05, 0.1) is 11.4 Å². The summed E-state index contributed by atoms with van der Waals surface area (Å²) in [5.41, 5.74) is 28.0. The lowest BCUT2D eigenvalue weighted by Crippen LogP contribution is -2.11. The van der Waals surface area contributed by atoms with Gasteiger partial charge in [-0.05, 0) is 273 Å². The largest absolute Gasteiger partial charge is 0.355 e. The Hall–Kier alpha value is -16.8. The number of benzene rings is 25. The SMILES string of the molecule is Brc1ccc2c3ccc(Br)cc3c3c(-c4ccccc4)c(-c4ccccc4)c(-c4ccccc4)c(-c4ccccc4)c3c2c1.C.c1ccc(-c2c(-c3ccccc3)c(-c3ccccc3)c3c4cc(N(c5ccccc5)c5cccc6ccccc56)ccc4c4ccc(N(c5ccccc5)c5cccc6ccccc56)cc4c3c2-c2ccccc2)cc1.c1ccc(Nc2cccc3ccccc23)cc1. The minimum Gasteiger partial charge on any atom is -0.355 e. The summed E-state index contributed by atoms with van der Waals surface area (Å²) in [6.45, 7) is 0. The maximum atomic E-state index is 3.85. The summed E-state index contributed by atoms with van der Waals surface area (Å²) < 4.78 is 2.13. The van der Waals surface area contributed by atoms with Crippen LogP contribution in [-0.4, -0.2) is 0 Å². The molecule has 0 aliphatic rings. The van der Waals surface area contributed by atoms with Crippen LogP contribution in [0.3, 0.4) is 0 Å². The number of rotatable bonds is 16. The van der Waals surface area contributed by atoms with E-state index in [0.717, 1.165) is 76.7 Å². The molecule has 138 heavy (non-hydrogen) atoms. The third-order valence-electron chi connectivity index (χ3n) is 26.5. The third-order valence-corrected chi connectivity index (χ3v) is 27.5. The third kappa shape index (κ3) is 16.4. The topological polar surface area (TPSA) is 18.5 Å². The van der Waals surface area contributed by atoms with Crippen LogP contribution in [0.25, 0.3) is 186 Å². The van der Waals surface area contributed by atoms with E-state index in [0.29, 0.717) is 0 Å². The summed E-state index contributed by atoms with van der Waals surface area (Å²) in [6.07, 6.45) is 0. The Labute approximate surface area is 822 Å². The quantitative estimate of drug-likeness (QED) is 0.0973. The van der Waals surface area contributed by atoms with Gasteiger partial charge in [-0.2, -0.15) is 0 Å². The van der Waals surface area contributed by atoms with E-state index in [9.17, 15) is 0 Å². The smallest absolute Gasteiger partial charge is 0.0540 e. The molecule has 0 fully saturated rings.